The zero-order valence-corrected chi connectivity index (χ0v) is 12.2. The SMILES string of the molecule is Nc1cc(S(=O)(=O)N2CCCSCC2)ccc1Cl. The van der Waals surface area contributed by atoms with Gasteiger partial charge in [0.15, 0.2) is 0 Å². The van der Waals surface area contributed by atoms with Gasteiger partial charge in [-0.2, -0.15) is 16.1 Å². The van der Waals surface area contributed by atoms with Gasteiger partial charge in [0.25, 0.3) is 0 Å². The first-order valence-electron chi connectivity index (χ1n) is 5.65. The summed E-state index contributed by atoms with van der Waals surface area (Å²) in [7, 11) is -3.44. The van der Waals surface area contributed by atoms with Gasteiger partial charge in [-0.3, -0.25) is 0 Å². The third kappa shape index (κ3) is 2.93. The van der Waals surface area contributed by atoms with E-state index in [-0.39, 0.29) is 4.90 Å². The van der Waals surface area contributed by atoms with Crippen LogP contribution in [0.1, 0.15) is 6.42 Å². The molecule has 0 saturated carbocycles. The van der Waals surface area contributed by atoms with Crippen LogP contribution in [0, 0.1) is 0 Å². The molecule has 1 saturated heterocycles. The van der Waals surface area contributed by atoms with Gasteiger partial charge in [0.2, 0.25) is 10.0 Å². The van der Waals surface area contributed by atoms with E-state index in [2.05, 4.69) is 0 Å². The van der Waals surface area contributed by atoms with E-state index in [0.29, 0.717) is 23.8 Å². The molecule has 0 radical (unpaired) electrons. The Balaban J connectivity index is 2.31. The summed E-state index contributed by atoms with van der Waals surface area (Å²) in [6, 6.07) is 4.46. The van der Waals surface area contributed by atoms with Crippen molar-refractivity contribution in [3.05, 3.63) is 23.2 Å². The molecule has 0 atom stereocenters. The minimum absolute atomic E-state index is 0.219. The maximum Gasteiger partial charge on any atom is 0.243 e. The van der Waals surface area contributed by atoms with Gasteiger partial charge in [0.1, 0.15) is 0 Å². The average molecular weight is 307 g/mol. The molecule has 0 aromatic heterocycles. The Morgan fingerprint density at radius 1 is 1.28 bits per heavy atom. The summed E-state index contributed by atoms with van der Waals surface area (Å²) < 4.78 is 26.4. The Morgan fingerprint density at radius 2 is 2.06 bits per heavy atom. The van der Waals surface area contributed by atoms with E-state index >= 15 is 0 Å². The van der Waals surface area contributed by atoms with Crippen LogP contribution in [0.15, 0.2) is 23.1 Å². The molecular formula is C11H15ClN2O2S2. The molecule has 0 bridgehead atoms. The van der Waals surface area contributed by atoms with Crippen LogP contribution in [0.4, 0.5) is 5.69 Å². The number of halogens is 1. The fourth-order valence-electron chi connectivity index (χ4n) is 1.79. The smallest absolute Gasteiger partial charge is 0.243 e. The highest BCUT2D eigenvalue weighted by molar-refractivity contribution is 7.99. The zero-order chi connectivity index (χ0) is 13.2. The number of anilines is 1. The molecule has 1 aromatic rings. The van der Waals surface area contributed by atoms with Gasteiger partial charge in [-0.05, 0) is 30.4 Å². The molecule has 0 unspecified atom stereocenters. The lowest BCUT2D eigenvalue weighted by Crippen LogP contribution is -2.33. The van der Waals surface area contributed by atoms with E-state index in [9.17, 15) is 8.42 Å². The minimum Gasteiger partial charge on any atom is -0.397 e. The number of nitrogens with two attached hydrogens (primary N) is 1. The quantitative estimate of drug-likeness (QED) is 0.849. The third-order valence-corrected chi connectivity index (χ3v) is 6.07. The van der Waals surface area contributed by atoms with Gasteiger partial charge in [0.05, 0.1) is 15.6 Å². The van der Waals surface area contributed by atoms with Crippen molar-refractivity contribution in [1.29, 1.82) is 0 Å². The number of nitrogens with zero attached hydrogens (tertiary/aromatic N) is 1. The Labute approximate surface area is 117 Å². The predicted octanol–water partition coefficient (Wildman–Crippen LogP) is 2.05. The fourth-order valence-corrected chi connectivity index (χ4v) is 4.43. The first-order valence-corrected chi connectivity index (χ1v) is 8.62. The Morgan fingerprint density at radius 3 is 2.78 bits per heavy atom. The lowest BCUT2D eigenvalue weighted by Gasteiger charge is -2.19. The number of nitrogen functional groups attached to an aromatic ring is 1. The number of thioether (sulfide) groups is 1. The molecule has 1 aromatic carbocycles. The van der Waals surface area contributed by atoms with Crippen LogP contribution in [0.25, 0.3) is 0 Å². The van der Waals surface area contributed by atoms with E-state index in [1.54, 1.807) is 11.8 Å². The monoisotopic (exact) mass is 306 g/mol. The summed E-state index contributed by atoms with van der Waals surface area (Å²) in [5.74, 6) is 1.84. The molecule has 2 N–H and O–H groups in total. The Bertz CT molecular complexity index is 526. The molecule has 7 heteroatoms. The van der Waals surface area contributed by atoms with Gasteiger partial charge < -0.3 is 5.73 Å². The standard InChI is InChI=1S/C11H15ClN2O2S2/c12-10-3-2-9(8-11(10)13)18(15,16)14-4-1-6-17-7-5-14/h2-3,8H,1,4-7,13H2. The van der Waals surface area contributed by atoms with Crippen LogP contribution in [0.5, 0.6) is 0 Å². The molecule has 18 heavy (non-hydrogen) atoms. The van der Waals surface area contributed by atoms with Crippen molar-refractivity contribution in [3.8, 4) is 0 Å². The van der Waals surface area contributed by atoms with Crippen molar-refractivity contribution >= 4 is 39.1 Å². The zero-order valence-electron chi connectivity index (χ0n) is 9.80. The highest BCUT2D eigenvalue weighted by Gasteiger charge is 2.25. The van der Waals surface area contributed by atoms with Crippen LogP contribution >= 0.6 is 23.4 Å². The van der Waals surface area contributed by atoms with Crippen molar-refractivity contribution in [1.82, 2.24) is 4.31 Å². The molecule has 1 fully saturated rings. The van der Waals surface area contributed by atoms with Crippen LogP contribution in [0.3, 0.4) is 0 Å². The molecule has 2 rings (SSSR count). The largest absolute Gasteiger partial charge is 0.397 e. The second-order valence-electron chi connectivity index (χ2n) is 4.05. The van der Waals surface area contributed by atoms with Crippen molar-refractivity contribution in [3.63, 3.8) is 0 Å². The van der Waals surface area contributed by atoms with Gasteiger partial charge in [0, 0.05) is 18.8 Å². The highest BCUT2D eigenvalue weighted by Crippen LogP contribution is 2.25. The molecule has 1 aliphatic heterocycles. The van der Waals surface area contributed by atoms with E-state index < -0.39 is 10.0 Å². The average Bonchev–Trinajstić information content (AvgIpc) is 2.61. The van der Waals surface area contributed by atoms with Crippen molar-refractivity contribution in [2.24, 2.45) is 0 Å². The summed E-state index contributed by atoms with van der Waals surface area (Å²) >= 11 is 7.59. The van der Waals surface area contributed by atoms with Crippen LogP contribution in [-0.4, -0.2) is 37.3 Å². The Hall–Kier alpha value is -0.430. The van der Waals surface area contributed by atoms with E-state index in [1.807, 2.05) is 0 Å². The van der Waals surface area contributed by atoms with Crippen molar-refractivity contribution < 1.29 is 8.42 Å². The van der Waals surface area contributed by atoms with Gasteiger partial charge >= 0.3 is 0 Å². The number of hydrogen-bond donors (Lipinski definition) is 1. The molecular weight excluding hydrogens is 292 g/mol. The fraction of sp³-hybridized carbons (Fsp3) is 0.455. The van der Waals surface area contributed by atoms with Crippen LogP contribution in [-0.2, 0) is 10.0 Å². The van der Waals surface area contributed by atoms with E-state index in [0.717, 1.165) is 17.9 Å². The third-order valence-electron chi connectivity index (χ3n) is 2.79. The number of sulfonamides is 1. The minimum atomic E-state index is -3.44. The second-order valence-corrected chi connectivity index (χ2v) is 7.62. The van der Waals surface area contributed by atoms with Gasteiger partial charge in [-0.15, -0.1) is 0 Å². The lowest BCUT2D eigenvalue weighted by molar-refractivity contribution is 0.435. The molecule has 1 aliphatic rings. The van der Waals surface area contributed by atoms with Gasteiger partial charge in [-0.1, -0.05) is 11.6 Å². The Kier molecular flexibility index (Phi) is 4.42. The number of hydrogen-bond acceptors (Lipinski definition) is 4. The molecule has 0 amide bonds. The van der Waals surface area contributed by atoms with E-state index in [1.165, 1.54) is 22.5 Å². The second kappa shape index (κ2) is 5.69. The molecule has 0 spiro atoms. The summed E-state index contributed by atoms with van der Waals surface area (Å²) in [6.45, 7) is 1.12. The summed E-state index contributed by atoms with van der Waals surface area (Å²) in [5.41, 5.74) is 5.95. The van der Waals surface area contributed by atoms with Crippen molar-refractivity contribution in [2.45, 2.75) is 11.3 Å². The highest BCUT2D eigenvalue weighted by atomic mass is 35.5. The number of benzene rings is 1. The molecule has 1 heterocycles. The summed E-state index contributed by atoms with van der Waals surface area (Å²) in [4.78, 5) is 0.219. The maximum absolute atomic E-state index is 12.4. The summed E-state index contributed by atoms with van der Waals surface area (Å²) in [5, 5.41) is 0.375. The maximum atomic E-state index is 12.4. The first kappa shape index (κ1) is 14.0. The predicted molar refractivity (Wildman–Crippen MR) is 76.6 cm³/mol. The topological polar surface area (TPSA) is 63.4 Å². The molecule has 100 valence electrons. The molecule has 0 aliphatic carbocycles. The summed E-state index contributed by atoms with van der Waals surface area (Å²) in [6.07, 6.45) is 0.882. The van der Waals surface area contributed by atoms with Crippen LogP contribution in [0.2, 0.25) is 5.02 Å². The lowest BCUT2D eigenvalue weighted by atomic mass is 10.3. The first-order chi connectivity index (χ1) is 8.51. The molecule has 4 nitrogen and oxygen atoms in total. The van der Waals surface area contributed by atoms with Crippen LogP contribution < -0.4 is 5.73 Å². The van der Waals surface area contributed by atoms with Gasteiger partial charge in [-0.25, -0.2) is 8.42 Å². The van der Waals surface area contributed by atoms with E-state index in [4.69, 9.17) is 17.3 Å². The normalized spacial score (nSPS) is 18.5. The number of rotatable bonds is 2. The van der Waals surface area contributed by atoms with Crippen molar-refractivity contribution in [2.75, 3.05) is 30.3 Å².